The average Bonchev–Trinajstić information content (AvgIpc) is 2.51. The van der Waals surface area contributed by atoms with E-state index in [1.165, 1.54) is 0 Å². The Labute approximate surface area is 135 Å². The van der Waals surface area contributed by atoms with Crippen molar-refractivity contribution in [3.8, 4) is 5.75 Å². The van der Waals surface area contributed by atoms with Gasteiger partial charge in [0.05, 0.1) is 10.5 Å². The molecular weight excluding hydrogens is 329 g/mol. The first-order chi connectivity index (χ1) is 11.0. The van der Waals surface area contributed by atoms with Gasteiger partial charge in [-0.05, 0) is 30.3 Å². The van der Waals surface area contributed by atoms with Gasteiger partial charge >= 0.3 is 11.7 Å². The van der Waals surface area contributed by atoms with Crippen LogP contribution in [0, 0.1) is 15.9 Å². The molecule has 8 heteroatoms. The van der Waals surface area contributed by atoms with Crippen LogP contribution < -0.4 is 4.74 Å². The van der Waals surface area contributed by atoms with Crippen LogP contribution in [0.2, 0.25) is 5.02 Å². The molecule has 0 aromatic heterocycles. The molecule has 0 aliphatic rings. The highest BCUT2D eigenvalue weighted by molar-refractivity contribution is 6.30. The zero-order chi connectivity index (χ0) is 16.8. The number of rotatable bonds is 6. The first-order valence-electron chi connectivity index (χ1n) is 6.47. The lowest BCUT2D eigenvalue weighted by Crippen LogP contribution is -2.12. The Kier molecular flexibility index (Phi) is 5.48. The first kappa shape index (κ1) is 16.7. The van der Waals surface area contributed by atoms with Crippen LogP contribution in [0.3, 0.4) is 0 Å². The number of ether oxygens (including phenoxy) is 2. The number of benzene rings is 2. The van der Waals surface area contributed by atoms with Gasteiger partial charge in [0.25, 0.3) is 0 Å². The van der Waals surface area contributed by atoms with Crippen LogP contribution in [0.5, 0.6) is 5.75 Å². The molecule has 0 saturated heterocycles. The van der Waals surface area contributed by atoms with Crippen molar-refractivity contribution in [2.24, 2.45) is 0 Å². The van der Waals surface area contributed by atoms with Gasteiger partial charge < -0.3 is 9.47 Å². The summed E-state index contributed by atoms with van der Waals surface area (Å²) in [6.45, 7) is 0.0193. The Bertz CT molecular complexity index is 738. The fraction of sp³-hybridized carbons (Fsp3) is 0.133. The summed E-state index contributed by atoms with van der Waals surface area (Å²) < 4.78 is 23.6. The molecular formula is C15H11ClFNO5. The van der Waals surface area contributed by atoms with Gasteiger partial charge in [0.15, 0.2) is 0 Å². The van der Waals surface area contributed by atoms with E-state index < -0.39 is 22.4 Å². The zero-order valence-electron chi connectivity index (χ0n) is 11.7. The average molecular weight is 340 g/mol. The summed E-state index contributed by atoms with van der Waals surface area (Å²) in [6, 6.07) is 9.50. The molecule has 2 aromatic rings. The van der Waals surface area contributed by atoms with Crippen LogP contribution in [0.4, 0.5) is 10.1 Å². The van der Waals surface area contributed by atoms with E-state index >= 15 is 0 Å². The molecule has 0 N–H and O–H groups in total. The van der Waals surface area contributed by atoms with Crippen LogP contribution >= 0.6 is 11.6 Å². The minimum atomic E-state index is -1.10. The number of hydrogen-bond acceptors (Lipinski definition) is 5. The lowest BCUT2D eigenvalue weighted by Gasteiger charge is -2.07. The number of esters is 1. The van der Waals surface area contributed by atoms with Crippen molar-refractivity contribution in [2.45, 2.75) is 0 Å². The predicted molar refractivity (Wildman–Crippen MR) is 80.3 cm³/mol. The lowest BCUT2D eigenvalue weighted by atomic mass is 10.2. The lowest BCUT2D eigenvalue weighted by molar-refractivity contribution is -0.387. The number of halogens is 2. The van der Waals surface area contributed by atoms with E-state index in [2.05, 4.69) is 0 Å². The molecule has 0 aliphatic heterocycles. The summed E-state index contributed by atoms with van der Waals surface area (Å²) in [5, 5.41) is 11.0. The highest BCUT2D eigenvalue weighted by Gasteiger charge is 2.17. The first-order valence-corrected chi connectivity index (χ1v) is 6.84. The maximum Gasteiger partial charge on any atom is 0.338 e. The highest BCUT2D eigenvalue weighted by Crippen LogP contribution is 2.19. The monoisotopic (exact) mass is 339 g/mol. The molecule has 0 heterocycles. The molecule has 0 unspecified atom stereocenters. The molecule has 2 rings (SSSR count). The van der Waals surface area contributed by atoms with Crippen LogP contribution in [0.25, 0.3) is 0 Å². The van der Waals surface area contributed by atoms with E-state index in [1.54, 1.807) is 24.3 Å². The van der Waals surface area contributed by atoms with Crippen molar-refractivity contribution in [2.75, 3.05) is 13.2 Å². The highest BCUT2D eigenvalue weighted by atomic mass is 35.5. The minimum absolute atomic E-state index is 0.0655. The standard InChI is InChI=1S/C15H11ClFNO5/c16-11-2-1-3-12(9-11)22-6-7-23-15(19)10-4-5-14(18(20)21)13(17)8-10/h1-5,8-9H,6-7H2. The zero-order valence-corrected chi connectivity index (χ0v) is 12.5. The molecule has 0 radical (unpaired) electrons. The van der Waals surface area contributed by atoms with Gasteiger partial charge in [0.1, 0.15) is 19.0 Å². The second kappa shape index (κ2) is 7.55. The molecule has 0 amide bonds. The van der Waals surface area contributed by atoms with Crippen molar-refractivity contribution in [1.29, 1.82) is 0 Å². The van der Waals surface area contributed by atoms with E-state index in [1.807, 2.05) is 0 Å². The SMILES string of the molecule is O=C(OCCOc1cccc(Cl)c1)c1ccc([N+](=O)[O-])c(F)c1. The summed E-state index contributed by atoms with van der Waals surface area (Å²) in [7, 11) is 0. The third-order valence-corrected chi connectivity index (χ3v) is 3.00. The van der Waals surface area contributed by atoms with Crippen molar-refractivity contribution < 1.29 is 23.6 Å². The van der Waals surface area contributed by atoms with E-state index in [-0.39, 0.29) is 18.8 Å². The fourth-order valence-corrected chi connectivity index (χ4v) is 1.90. The van der Waals surface area contributed by atoms with Crippen LogP contribution in [-0.2, 0) is 4.74 Å². The number of nitrogens with zero attached hydrogens (tertiary/aromatic N) is 1. The molecule has 0 aliphatic carbocycles. The molecule has 0 bridgehead atoms. The minimum Gasteiger partial charge on any atom is -0.490 e. The summed E-state index contributed by atoms with van der Waals surface area (Å²) >= 11 is 5.79. The number of hydrogen-bond donors (Lipinski definition) is 0. The smallest absolute Gasteiger partial charge is 0.338 e. The number of carbonyl (C=O) groups is 1. The second-order valence-electron chi connectivity index (χ2n) is 4.37. The molecule has 0 spiro atoms. The van der Waals surface area contributed by atoms with Crippen molar-refractivity contribution in [3.05, 3.63) is 69.0 Å². The fourth-order valence-electron chi connectivity index (χ4n) is 1.72. The summed E-state index contributed by atoms with van der Waals surface area (Å²) in [5.74, 6) is -1.37. The van der Waals surface area contributed by atoms with Gasteiger partial charge in [-0.3, -0.25) is 10.1 Å². The van der Waals surface area contributed by atoms with E-state index in [0.29, 0.717) is 10.8 Å². The van der Waals surface area contributed by atoms with Gasteiger partial charge in [0.2, 0.25) is 5.82 Å². The van der Waals surface area contributed by atoms with Crippen LogP contribution in [0.15, 0.2) is 42.5 Å². The molecule has 2 aromatic carbocycles. The third kappa shape index (κ3) is 4.65. The van der Waals surface area contributed by atoms with E-state index in [0.717, 1.165) is 18.2 Å². The number of nitro benzene ring substituents is 1. The molecule has 23 heavy (non-hydrogen) atoms. The van der Waals surface area contributed by atoms with Crippen LogP contribution in [-0.4, -0.2) is 24.1 Å². The normalized spacial score (nSPS) is 10.2. The second-order valence-corrected chi connectivity index (χ2v) is 4.80. The Hall–Kier alpha value is -2.67. The Morgan fingerprint density at radius 1 is 1.22 bits per heavy atom. The quantitative estimate of drug-likeness (QED) is 0.347. The molecule has 120 valence electrons. The third-order valence-electron chi connectivity index (χ3n) is 2.76. The molecule has 6 nitrogen and oxygen atoms in total. The Balaban J connectivity index is 1.85. The summed E-state index contributed by atoms with van der Waals surface area (Å²) in [5.41, 5.74) is -0.818. The van der Waals surface area contributed by atoms with Gasteiger partial charge in [-0.1, -0.05) is 17.7 Å². The van der Waals surface area contributed by atoms with Gasteiger partial charge in [-0.25, -0.2) is 4.79 Å². The topological polar surface area (TPSA) is 78.7 Å². The maximum atomic E-state index is 13.4. The molecule has 0 fully saturated rings. The van der Waals surface area contributed by atoms with Gasteiger partial charge in [-0.15, -0.1) is 0 Å². The van der Waals surface area contributed by atoms with E-state index in [9.17, 15) is 19.3 Å². The Morgan fingerprint density at radius 3 is 2.65 bits per heavy atom. The number of carbonyl (C=O) groups excluding carboxylic acids is 1. The van der Waals surface area contributed by atoms with Gasteiger partial charge in [0, 0.05) is 11.1 Å². The summed E-state index contributed by atoms with van der Waals surface area (Å²) in [6.07, 6.45) is 0. The molecule has 0 saturated carbocycles. The van der Waals surface area contributed by atoms with Gasteiger partial charge in [-0.2, -0.15) is 4.39 Å². The predicted octanol–water partition coefficient (Wildman–Crippen LogP) is 3.62. The number of nitro groups is 1. The van der Waals surface area contributed by atoms with Crippen molar-refractivity contribution >= 4 is 23.3 Å². The van der Waals surface area contributed by atoms with Crippen LogP contribution in [0.1, 0.15) is 10.4 Å². The molecule has 0 atom stereocenters. The van der Waals surface area contributed by atoms with E-state index in [4.69, 9.17) is 21.1 Å². The Morgan fingerprint density at radius 2 is 2.00 bits per heavy atom. The largest absolute Gasteiger partial charge is 0.490 e. The van der Waals surface area contributed by atoms with Crippen molar-refractivity contribution in [3.63, 3.8) is 0 Å². The van der Waals surface area contributed by atoms with Crippen molar-refractivity contribution in [1.82, 2.24) is 0 Å². The summed E-state index contributed by atoms with van der Waals surface area (Å²) in [4.78, 5) is 21.3. The maximum absolute atomic E-state index is 13.4.